The van der Waals surface area contributed by atoms with E-state index in [2.05, 4.69) is 6.92 Å². The van der Waals surface area contributed by atoms with Crippen molar-refractivity contribution in [1.82, 2.24) is 0 Å². The summed E-state index contributed by atoms with van der Waals surface area (Å²) in [5.74, 6) is 1.67. The van der Waals surface area contributed by atoms with Gasteiger partial charge in [-0.05, 0) is 30.5 Å². The highest BCUT2D eigenvalue weighted by Crippen LogP contribution is 2.28. The van der Waals surface area contributed by atoms with Crippen LogP contribution in [0.4, 0.5) is 0 Å². The molecule has 24 heavy (non-hydrogen) atoms. The molecule has 4 heteroatoms. The Morgan fingerprint density at radius 2 is 1.79 bits per heavy atom. The Labute approximate surface area is 146 Å². The molecule has 1 rings (SSSR count). The van der Waals surface area contributed by atoms with E-state index in [-0.39, 0.29) is 11.9 Å². The summed E-state index contributed by atoms with van der Waals surface area (Å²) in [6.07, 6.45) is 7.61. The minimum atomic E-state index is 0.0553. The van der Waals surface area contributed by atoms with Crippen molar-refractivity contribution in [3.63, 3.8) is 0 Å². The molecular formula is C20H32O4. The largest absolute Gasteiger partial charge is 0.493 e. The van der Waals surface area contributed by atoms with Gasteiger partial charge in [-0.1, -0.05) is 38.7 Å². The lowest BCUT2D eigenvalue weighted by atomic mass is 10.0. The number of aryl methyl sites for hydroxylation is 1. The van der Waals surface area contributed by atoms with Crippen molar-refractivity contribution in [3.05, 3.63) is 23.8 Å². The van der Waals surface area contributed by atoms with E-state index in [1.54, 1.807) is 21.3 Å². The lowest BCUT2D eigenvalue weighted by Gasteiger charge is -2.14. The van der Waals surface area contributed by atoms with Crippen LogP contribution in [0.3, 0.4) is 0 Å². The molecule has 0 fully saturated rings. The van der Waals surface area contributed by atoms with Crippen molar-refractivity contribution in [2.24, 2.45) is 0 Å². The molecule has 0 saturated heterocycles. The summed E-state index contributed by atoms with van der Waals surface area (Å²) in [4.78, 5) is 12.2. The van der Waals surface area contributed by atoms with Gasteiger partial charge in [0, 0.05) is 20.0 Å². The fraction of sp³-hybridized carbons (Fsp3) is 0.650. The number of carbonyl (C=O) groups is 1. The molecular weight excluding hydrogens is 304 g/mol. The summed E-state index contributed by atoms with van der Waals surface area (Å²) >= 11 is 0. The first-order valence-electron chi connectivity index (χ1n) is 8.90. The average molecular weight is 336 g/mol. The molecule has 0 spiro atoms. The van der Waals surface area contributed by atoms with Crippen LogP contribution >= 0.6 is 0 Å². The van der Waals surface area contributed by atoms with Gasteiger partial charge < -0.3 is 14.2 Å². The van der Waals surface area contributed by atoms with Crippen LogP contribution in [0.5, 0.6) is 11.5 Å². The molecule has 1 atom stereocenters. The van der Waals surface area contributed by atoms with Crippen LogP contribution in [0.25, 0.3) is 0 Å². The first-order valence-corrected chi connectivity index (χ1v) is 8.90. The molecule has 1 unspecified atom stereocenters. The molecule has 0 amide bonds. The van der Waals surface area contributed by atoms with E-state index in [4.69, 9.17) is 14.2 Å². The second kappa shape index (κ2) is 11.9. The van der Waals surface area contributed by atoms with Gasteiger partial charge in [-0.3, -0.25) is 4.79 Å². The van der Waals surface area contributed by atoms with Crippen LogP contribution in [0, 0.1) is 0 Å². The van der Waals surface area contributed by atoms with Crippen LogP contribution in [-0.4, -0.2) is 33.2 Å². The monoisotopic (exact) mass is 336 g/mol. The third kappa shape index (κ3) is 7.35. The number of Topliss-reactive ketones (excluding diaryl/α,β-unsaturated/α-hetero) is 1. The number of methoxy groups -OCH3 is 3. The molecule has 0 bridgehead atoms. The lowest BCUT2D eigenvalue weighted by Crippen LogP contribution is -2.16. The second-order valence-electron chi connectivity index (χ2n) is 6.14. The molecule has 0 N–H and O–H groups in total. The highest BCUT2D eigenvalue weighted by molar-refractivity contribution is 5.79. The predicted molar refractivity (Wildman–Crippen MR) is 97.0 cm³/mol. The Morgan fingerprint density at radius 3 is 2.42 bits per heavy atom. The van der Waals surface area contributed by atoms with Gasteiger partial charge in [0.1, 0.15) is 5.78 Å². The first-order chi connectivity index (χ1) is 11.6. The number of hydrogen-bond acceptors (Lipinski definition) is 4. The number of benzene rings is 1. The highest BCUT2D eigenvalue weighted by atomic mass is 16.5. The lowest BCUT2D eigenvalue weighted by molar-refractivity contribution is -0.121. The molecule has 4 nitrogen and oxygen atoms in total. The Bertz CT molecular complexity index is 485. The standard InChI is InChI=1S/C20H32O4/c1-5-6-7-8-9-18(22-2)15-17(21)12-10-16-11-13-19(23-3)20(14-16)24-4/h11,13-14,18H,5-10,12,15H2,1-4H3. The van der Waals surface area contributed by atoms with Crippen LogP contribution < -0.4 is 9.47 Å². The van der Waals surface area contributed by atoms with E-state index in [1.807, 2.05) is 18.2 Å². The van der Waals surface area contributed by atoms with E-state index in [0.29, 0.717) is 30.8 Å². The number of unbranched alkanes of at least 4 members (excludes halogenated alkanes) is 3. The fourth-order valence-corrected chi connectivity index (χ4v) is 2.78. The molecule has 0 aromatic heterocycles. The molecule has 0 saturated carbocycles. The zero-order valence-corrected chi connectivity index (χ0v) is 15.6. The summed E-state index contributed by atoms with van der Waals surface area (Å²) < 4.78 is 16.0. The van der Waals surface area contributed by atoms with Crippen LogP contribution in [0.15, 0.2) is 18.2 Å². The molecule has 0 aliphatic rings. The second-order valence-corrected chi connectivity index (χ2v) is 6.14. The van der Waals surface area contributed by atoms with Crippen molar-refractivity contribution in [3.8, 4) is 11.5 Å². The summed E-state index contributed by atoms with van der Waals surface area (Å²) in [5, 5.41) is 0. The van der Waals surface area contributed by atoms with Gasteiger partial charge in [0.05, 0.1) is 20.3 Å². The Hall–Kier alpha value is -1.55. The van der Waals surface area contributed by atoms with E-state index in [0.717, 1.165) is 18.4 Å². The topological polar surface area (TPSA) is 44.8 Å². The summed E-state index contributed by atoms with van der Waals surface area (Å²) in [5.41, 5.74) is 1.08. The molecule has 1 aromatic rings. The molecule has 0 radical (unpaired) electrons. The number of carbonyl (C=O) groups excluding carboxylic acids is 1. The van der Waals surface area contributed by atoms with Crippen LogP contribution in [-0.2, 0) is 16.0 Å². The molecule has 0 aliphatic heterocycles. The van der Waals surface area contributed by atoms with Gasteiger partial charge in [-0.15, -0.1) is 0 Å². The average Bonchev–Trinajstić information content (AvgIpc) is 2.62. The zero-order valence-electron chi connectivity index (χ0n) is 15.6. The first kappa shape index (κ1) is 20.5. The third-order valence-corrected chi connectivity index (χ3v) is 4.31. The maximum atomic E-state index is 12.2. The molecule has 0 heterocycles. The van der Waals surface area contributed by atoms with E-state index in [9.17, 15) is 4.79 Å². The van der Waals surface area contributed by atoms with Gasteiger partial charge in [0.15, 0.2) is 11.5 Å². The van der Waals surface area contributed by atoms with Crippen molar-refractivity contribution in [2.75, 3.05) is 21.3 Å². The highest BCUT2D eigenvalue weighted by Gasteiger charge is 2.13. The smallest absolute Gasteiger partial charge is 0.160 e. The van der Waals surface area contributed by atoms with E-state index in [1.165, 1.54) is 19.3 Å². The predicted octanol–water partition coefficient (Wildman–Crippen LogP) is 4.58. The number of hydrogen-bond donors (Lipinski definition) is 0. The zero-order chi connectivity index (χ0) is 17.8. The van der Waals surface area contributed by atoms with Gasteiger partial charge >= 0.3 is 0 Å². The van der Waals surface area contributed by atoms with Crippen molar-refractivity contribution >= 4 is 5.78 Å². The van der Waals surface area contributed by atoms with Gasteiger partial charge in [-0.25, -0.2) is 0 Å². The van der Waals surface area contributed by atoms with Gasteiger partial charge in [0.25, 0.3) is 0 Å². The minimum Gasteiger partial charge on any atom is -0.493 e. The molecule has 136 valence electrons. The van der Waals surface area contributed by atoms with Crippen molar-refractivity contribution in [1.29, 1.82) is 0 Å². The normalized spacial score (nSPS) is 12.0. The van der Waals surface area contributed by atoms with E-state index < -0.39 is 0 Å². The number of rotatable bonds is 13. The maximum absolute atomic E-state index is 12.2. The number of ketones is 1. The molecule has 0 aliphatic carbocycles. The Kier molecular flexibility index (Phi) is 10.2. The summed E-state index contributed by atoms with van der Waals surface area (Å²) in [6, 6.07) is 5.79. The minimum absolute atomic E-state index is 0.0553. The third-order valence-electron chi connectivity index (χ3n) is 4.31. The molecule has 1 aromatic carbocycles. The van der Waals surface area contributed by atoms with E-state index >= 15 is 0 Å². The maximum Gasteiger partial charge on any atom is 0.160 e. The van der Waals surface area contributed by atoms with Crippen molar-refractivity contribution < 1.29 is 19.0 Å². The SMILES string of the molecule is CCCCCCC(CC(=O)CCc1ccc(OC)c(OC)c1)OC. The van der Waals surface area contributed by atoms with Crippen LogP contribution in [0.2, 0.25) is 0 Å². The summed E-state index contributed by atoms with van der Waals surface area (Å²) in [7, 11) is 4.94. The Morgan fingerprint density at radius 1 is 1.04 bits per heavy atom. The van der Waals surface area contributed by atoms with Crippen molar-refractivity contribution in [2.45, 2.75) is 64.4 Å². The summed E-state index contributed by atoms with van der Waals surface area (Å²) in [6.45, 7) is 2.20. The Balaban J connectivity index is 2.41. The fourth-order valence-electron chi connectivity index (χ4n) is 2.78. The number of ether oxygens (including phenoxy) is 3. The quantitative estimate of drug-likeness (QED) is 0.495. The van der Waals surface area contributed by atoms with Gasteiger partial charge in [-0.2, -0.15) is 0 Å². The van der Waals surface area contributed by atoms with Gasteiger partial charge in [0.2, 0.25) is 0 Å². The van der Waals surface area contributed by atoms with Crippen LogP contribution in [0.1, 0.15) is 57.4 Å².